The number of nitrogens with one attached hydrogen (secondary N) is 1. The van der Waals surface area contributed by atoms with Gasteiger partial charge in [0.2, 0.25) is 0 Å². The van der Waals surface area contributed by atoms with Crippen LogP contribution in [-0.2, 0) is 0 Å². The molecule has 0 aliphatic carbocycles. The molecule has 12 heavy (non-hydrogen) atoms. The molecule has 0 spiro atoms. The Morgan fingerprint density at radius 3 is 1.92 bits per heavy atom. The van der Waals surface area contributed by atoms with Crippen LogP contribution in [0.5, 0.6) is 11.5 Å². The van der Waals surface area contributed by atoms with E-state index in [-0.39, 0.29) is 0 Å². The number of aliphatic hydroxyl groups is 2. The molecule has 3 N–H and O–H groups in total. The number of hydrogen-bond donors (Lipinski definition) is 1. The van der Waals surface area contributed by atoms with E-state index in [4.69, 9.17) is 5.26 Å². The van der Waals surface area contributed by atoms with Crippen molar-refractivity contribution in [1.82, 2.24) is 0 Å². The van der Waals surface area contributed by atoms with Crippen molar-refractivity contribution in [3.05, 3.63) is 23.8 Å². The van der Waals surface area contributed by atoms with Crippen LogP contribution in [0.25, 0.3) is 0 Å². The fourth-order valence-corrected chi connectivity index (χ4v) is 0.926. The Bertz CT molecular complexity index is 293. The van der Waals surface area contributed by atoms with Gasteiger partial charge in [0.15, 0.2) is 14.2 Å². The molecule has 0 atom stereocenters. The molecule has 62 valence electrons. The molecule has 1 aromatic carbocycles. The van der Waals surface area contributed by atoms with Gasteiger partial charge in [0.1, 0.15) is 11.6 Å². The zero-order valence-electron chi connectivity index (χ0n) is 7.13. The minimum atomic E-state index is 0.707. The van der Waals surface area contributed by atoms with Gasteiger partial charge in [-0.2, -0.15) is 0 Å². The van der Waals surface area contributed by atoms with Crippen molar-refractivity contribution in [3.63, 3.8) is 0 Å². The fourth-order valence-electron chi connectivity index (χ4n) is 0.926. The molecule has 0 saturated carbocycles. The summed E-state index contributed by atoms with van der Waals surface area (Å²) in [6.07, 6.45) is 0. The van der Waals surface area contributed by atoms with Crippen LogP contribution in [0.3, 0.4) is 0 Å². The fraction of sp³-hybridized carbons (Fsp3) is 0.222. The van der Waals surface area contributed by atoms with Crippen LogP contribution in [0.4, 0.5) is 0 Å². The number of rotatable bonds is 2. The number of ether oxygens (including phenoxy) is 2. The average molecular weight is 166 g/mol. The van der Waals surface area contributed by atoms with Gasteiger partial charge in [-0.15, -0.1) is 0 Å². The third kappa shape index (κ3) is 1.67. The number of hydrogen-bond acceptors (Lipinski definition) is 0. The smallest absolute Gasteiger partial charge is 0.309 e. The molecule has 0 aliphatic rings. The molecule has 0 amide bonds. The summed E-state index contributed by atoms with van der Waals surface area (Å²) in [5.41, 5.74) is 0.707. The zero-order chi connectivity index (χ0) is 8.97. The van der Waals surface area contributed by atoms with E-state index in [0.29, 0.717) is 5.56 Å². The Balaban J connectivity index is 3.12. The van der Waals surface area contributed by atoms with E-state index in [1.807, 2.05) is 6.07 Å². The van der Waals surface area contributed by atoms with E-state index in [2.05, 4.69) is 15.5 Å². The second kappa shape index (κ2) is 3.63. The topological polar surface area (TPSA) is 49.4 Å². The van der Waals surface area contributed by atoms with Gasteiger partial charge < -0.3 is 9.47 Å². The summed E-state index contributed by atoms with van der Waals surface area (Å²) in [5, 5.41) is 6.95. The molecule has 0 heterocycles. The van der Waals surface area contributed by atoms with Crippen LogP contribution >= 0.6 is 0 Å². The van der Waals surface area contributed by atoms with Crippen molar-refractivity contribution in [2.75, 3.05) is 14.2 Å². The Kier molecular flexibility index (Phi) is 2.54. The summed E-state index contributed by atoms with van der Waals surface area (Å²) in [4.78, 5) is 0. The molecule has 1 rings (SSSR count). The van der Waals surface area contributed by atoms with Crippen molar-refractivity contribution in [2.24, 2.45) is 0 Å². The monoisotopic (exact) mass is 166 g/mol. The largest absolute Gasteiger partial charge is 0.584 e. The van der Waals surface area contributed by atoms with Crippen LogP contribution in [0.15, 0.2) is 18.2 Å². The highest BCUT2D eigenvalue weighted by molar-refractivity contribution is 5.42. The summed E-state index contributed by atoms with van der Waals surface area (Å²) >= 11 is 0. The molecular formula is C9H12NO2+3. The molecule has 0 saturated heterocycles. The Hall–Kier alpha value is -1.69. The zero-order valence-corrected chi connectivity index (χ0v) is 7.13. The minimum absolute atomic E-state index is 0.707. The molecule has 0 fully saturated rings. The molecule has 0 aromatic heterocycles. The first-order valence-electron chi connectivity index (χ1n) is 3.57. The maximum absolute atomic E-state index is 6.95. The summed E-state index contributed by atoms with van der Waals surface area (Å²) in [5.74, 6) is 1.65. The summed E-state index contributed by atoms with van der Waals surface area (Å²) in [6.45, 7) is 0. The molecule has 3 nitrogen and oxygen atoms in total. The molecule has 3 heteroatoms. The second-order valence-corrected chi connectivity index (χ2v) is 2.31. The maximum Gasteiger partial charge on any atom is 0.309 e. The lowest BCUT2D eigenvalue weighted by atomic mass is 10.2. The van der Waals surface area contributed by atoms with E-state index >= 15 is 0 Å². The van der Waals surface area contributed by atoms with Crippen LogP contribution in [-0.4, -0.2) is 23.7 Å². The molecule has 0 radical (unpaired) electrons. The van der Waals surface area contributed by atoms with Gasteiger partial charge in [0.25, 0.3) is 11.5 Å². The Morgan fingerprint density at radius 1 is 1.08 bits per heavy atom. The van der Waals surface area contributed by atoms with Gasteiger partial charge in [-0.25, -0.2) is 0 Å². The lowest BCUT2D eigenvalue weighted by Gasteiger charge is -1.98. The average Bonchev–Trinajstić information content (AvgIpc) is 2.16. The van der Waals surface area contributed by atoms with Crippen molar-refractivity contribution in [1.29, 1.82) is 0 Å². The molecule has 1 aromatic rings. The van der Waals surface area contributed by atoms with Crippen molar-refractivity contribution < 1.29 is 14.7 Å². The maximum atomic E-state index is 6.95. The predicted octanol–water partition coefficient (Wildman–Crippen LogP) is -0.450. The van der Waals surface area contributed by atoms with Crippen molar-refractivity contribution in [2.45, 2.75) is 0 Å². The van der Waals surface area contributed by atoms with Gasteiger partial charge in [-0.3, -0.25) is 0 Å². The summed E-state index contributed by atoms with van der Waals surface area (Å²) < 4.78 is 8.01. The molecular weight excluding hydrogens is 154 g/mol. The third-order valence-electron chi connectivity index (χ3n) is 1.56. The first-order valence-corrected chi connectivity index (χ1v) is 3.57. The molecule has 0 bridgehead atoms. The van der Waals surface area contributed by atoms with Gasteiger partial charge >= 0.3 is 6.07 Å². The summed E-state index contributed by atoms with van der Waals surface area (Å²) in [6, 6.07) is 7.75. The van der Waals surface area contributed by atoms with E-state index in [0.717, 1.165) is 11.5 Å². The standard InChI is InChI=1S/C9H9NO2/c1-11-8-3-7(6-10)4-9(5-8)12-2/h3-5H,1-2H3/p+3. The SMILES string of the molecule is C[OH+]c1cc(C#[NH+])cc([OH+]C)c1. The molecule has 0 aliphatic heterocycles. The van der Waals surface area contributed by atoms with E-state index < -0.39 is 0 Å². The van der Waals surface area contributed by atoms with Crippen molar-refractivity contribution in [3.8, 4) is 17.6 Å². The normalized spacial score (nSPS) is 8.75. The minimum Gasteiger partial charge on any atom is -0.584 e. The highest BCUT2D eigenvalue weighted by Crippen LogP contribution is 2.22. The molecule has 0 unspecified atom stereocenters. The Labute approximate surface area is 71.1 Å². The lowest BCUT2D eigenvalue weighted by molar-refractivity contribution is -0.0910. The Morgan fingerprint density at radius 2 is 1.58 bits per heavy atom. The van der Waals surface area contributed by atoms with E-state index in [1.54, 1.807) is 26.4 Å². The van der Waals surface area contributed by atoms with Gasteiger partial charge in [-0.05, 0) is 0 Å². The highest BCUT2D eigenvalue weighted by Gasteiger charge is 2.08. The van der Waals surface area contributed by atoms with Crippen molar-refractivity contribution >= 4 is 0 Å². The van der Waals surface area contributed by atoms with Crippen LogP contribution in [0, 0.1) is 6.07 Å². The highest BCUT2D eigenvalue weighted by atomic mass is 16.5. The predicted molar refractivity (Wildman–Crippen MR) is 45.6 cm³/mol. The van der Waals surface area contributed by atoms with Crippen LogP contribution in [0.2, 0.25) is 0 Å². The number of benzene rings is 1. The van der Waals surface area contributed by atoms with Gasteiger partial charge in [-0.1, -0.05) is 5.26 Å². The summed E-state index contributed by atoms with van der Waals surface area (Å²) in [7, 11) is 3.42. The quantitative estimate of drug-likeness (QED) is 0.579. The first-order chi connectivity index (χ1) is 5.80. The second-order valence-electron chi connectivity index (χ2n) is 2.31. The van der Waals surface area contributed by atoms with E-state index in [1.165, 1.54) is 0 Å². The first kappa shape index (κ1) is 8.41. The van der Waals surface area contributed by atoms with E-state index in [9.17, 15) is 0 Å². The number of aromatic hydroxyl groups is 2. The van der Waals surface area contributed by atoms with Gasteiger partial charge in [0, 0.05) is 0 Å². The lowest BCUT2D eigenvalue weighted by Crippen LogP contribution is -2.17. The van der Waals surface area contributed by atoms with Crippen LogP contribution < -0.4 is 5.26 Å². The van der Waals surface area contributed by atoms with Gasteiger partial charge in [0.05, 0.1) is 12.1 Å². The van der Waals surface area contributed by atoms with Crippen LogP contribution in [0.1, 0.15) is 5.56 Å². The third-order valence-corrected chi connectivity index (χ3v) is 1.56.